The minimum Gasteiger partial charge on any atom is -0.354 e. The minimum absolute atomic E-state index is 0. The lowest BCUT2D eigenvalue weighted by atomic mass is 10.1. The molecule has 1 unspecified atom stereocenters. The van der Waals surface area contributed by atoms with E-state index in [4.69, 9.17) is 0 Å². The van der Waals surface area contributed by atoms with E-state index in [-0.39, 0.29) is 30.0 Å². The second-order valence-corrected chi connectivity index (χ2v) is 5.93. The zero-order valence-electron chi connectivity index (χ0n) is 15.1. The Balaban J connectivity index is 0.00000288. The number of guanidine groups is 1. The van der Waals surface area contributed by atoms with Crippen LogP contribution in [0.1, 0.15) is 29.4 Å². The molecule has 2 rings (SSSR count). The summed E-state index contributed by atoms with van der Waals surface area (Å²) in [6.45, 7) is 7.11. The van der Waals surface area contributed by atoms with E-state index in [1.54, 1.807) is 7.05 Å². The van der Waals surface area contributed by atoms with Crippen LogP contribution in [-0.4, -0.2) is 28.8 Å². The smallest absolute Gasteiger partial charge is 0.191 e. The molecule has 6 heteroatoms. The molecule has 2 aromatic rings. The van der Waals surface area contributed by atoms with Crippen LogP contribution in [0.5, 0.6) is 0 Å². The van der Waals surface area contributed by atoms with Crippen LogP contribution in [0.4, 0.5) is 0 Å². The van der Waals surface area contributed by atoms with Crippen molar-refractivity contribution in [2.24, 2.45) is 12.0 Å². The van der Waals surface area contributed by atoms with Crippen molar-refractivity contribution in [3.63, 3.8) is 0 Å². The quantitative estimate of drug-likeness (QED) is 0.426. The first-order valence-corrected chi connectivity index (χ1v) is 8.01. The maximum Gasteiger partial charge on any atom is 0.191 e. The summed E-state index contributed by atoms with van der Waals surface area (Å²) in [6.07, 6.45) is 0.928. The Kier molecular flexibility index (Phi) is 8.24. The second-order valence-electron chi connectivity index (χ2n) is 5.93. The Morgan fingerprint density at radius 2 is 1.92 bits per heavy atom. The number of hydrogen-bond donors (Lipinski definition) is 2. The van der Waals surface area contributed by atoms with Crippen molar-refractivity contribution in [1.29, 1.82) is 0 Å². The highest BCUT2D eigenvalue weighted by atomic mass is 127. The van der Waals surface area contributed by atoms with Crippen molar-refractivity contribution in [1.82, 2.24) is 20.4 Å². The van der Waals surface area contributed by atoms with E-state index in [9.17, 15) is 0 Å². The summed E-state index contributed by atoms with van der Waals surface area (Å²) < 4.78 is 1.94. The molecule has 1 aromatic heterocycles. The fourth-order valence-corrected chi connectivity index (χ4v) is 2.68. The van der Waals surface area contributed by atoms with Crippen molar-refractivity contribution in [3.8, 4) is 0 Å². The fraction of sp³-hybridized carbons (Fsp3) is 0.444. The number of halogens is 1. The van der Waals surface area contributed by atoms with Gasteiger partial charge in [0, 0.05) is 32.4 Å². The molecule has 0 saturated carbocycles. The fourth-order valence-electron chi connectivity index (χ4n) is 2.68. The summed E-state index contributed by atoms with van der Waals surface area (Å²) in [4.78, 5) is 4.31. The van der Waals surface area contributed by atoms with Crippen LogP contribution < -0.4 is 10.6 Å². The van der Waals surface area contributed by atoms with Gasteiger partial charge in [-0.15, -0.1) is 24.0 Å². The second kappa shape index (κ2) is 9.66. The standard InChI is InChI=1S/C18H27N5.HI/c1-13(11-17-14(2)22-23(5)15(17)3)21-18(19-4)20-12-16-9-7-6-8-10-16;/h6-10,13H,11-12H2,1-5H3,(H2,19,20,21);1H. The van der Waals surface area contributed by atoms with Crippen LogP contribution >= 0.6 is 24.0 Å². The van der Waals surface area contributed by atoms with Gasteiger partial charge in [-0.3, -0.25) is 9.67 Å². The zero-order chi connectivity index (χ0) is 16.8. The first-order valence-electron chi connectivity index (χ1n) is 8.01. The van der Waals surface area contributed by atoms with E-state index < -0.39 is 0 Å². The molecule has 0 spiro atoms. The Bertz CT molecular complexity index is 664. The molecule has 132 valence electrons. The monoisotopic (exact) mass is 441 g/mol. The zero-order valence-corrected chi connectivity index (χ0v) is 17.5. The summed E-state index contributed by atoms with van der Waals surface area (Å²) >= 11 is 0. The van der Waals surface area contributed by atoms with Gasteiger partial charge in [0.15, 0.2) is 5.96 Å². The van der Waals surface area contributed by atoms with Crippen LogP contribution in [0.15, 0.2) is 35.3 Å². The number of nitrogens with one attached hydrogen (secondary N) is 2. The van der Waals surface area contributed by atoms with Crippen molar-refractivity contribution >= 4 is 29.9 Å². The predicted molar refractivity (Wildman–Crippen MR) is 111 cm³/mol. The summed E-state index contributed by atoms with van der Waals surface area (Å²) in [5, 5.41) is 11.3. The highest BCUT2D eigenvalue weighted by molar-refractivity contribution is 14.0. The molecule has 0 aliphatic rings. The number of aliphatic imine (C=N–C) groups is 1. The molecular weight excluding hydrogens is 413 g/mol. The van der Waals surface area contributed by atoms with Crippen LogP contribution in [0.2, 0.25) is 0 Å². The molecule has 24 heavy (non-hydrogen) atoms. The van der Waals surface area contributed by atoms with Gasteiger partial charge in [0.2, 0.25) is 0 Å². The lowest BCUT2D eigenvalue weighted by Gasteiger charge is -2.18. The van der Waals surface area contributed by atoms with Gasteiger partial charge < -0.3 is 10.6 Å². The van der Waals surface area contributed by atoms with Crippen LogP contribution in [0.3, 0.4) is 0 Å². The molecule has 0 saturated heterocycles. The van der Waals surface area contributed by atoms with Crippen molar-refractivity contribution in [2.75, 3.05) is 7.05 Å². The summed E-state index contributed by atoms with van der Waals surface area (Å²) in [6, 6.07) is 10.6. The van der Waals surface area contributed by atoms with Crippen LogP contribution in [-0.2, 0) is 20.0 Å². The van der Waals surface area contributed by atoms with E-state index in [1.807, 2.05) is 29.9 Å². The third-order valence-electron chi connectivity index (χ3n) is 4.08. The molecule has 1 aromatic carbocycles. The summed E-state index contributed by atoms with van der Waals surface area (Å²) in [5.41, 5.74) is 4.88. The SMILES string of the molecule is CN=C(NCc1ccccc1)NC(C)Cc1c(C)nn(C)c1C.I. The molecule has 1 heterocycles. The highest BCUT2D eigenvalue weighted by Crippen LogP contribution is 2.14. The van der Waals surface area contributed by atoms with E-state index in [1.165, 1.54) is 16.8 Å². The number of nitrogens with zero attached hydrogens (tertiary/aromatic N) is 3. The topological polar surface area (TPSA) is 54.2 Å². The summed E-state index contributed by atoms with van der Waals surface area (Å²) in [5.74, 6) is 0.820. The molecule has 2 N–H and O–H groups in total. The maximum atomic E-state index is 4.48. The molecule has 0 aliphatic heterocycles. The van der Waals surface area contributed by atoms with Gasteiger partial charge in [0.05, 0.1) is 5.69 Å². The van der Waals surface area contributed by atoms with Gasteiger partial charge in [-0.2, -0.15) is 5.10 Å². The number of hydrogen-bond acceptors (Lipinski definition) is 2. The number of benzene rings is 1. The van der Waals surface area contributed by atoms with E-state index in [2.05, 4.69) is 53.6 Å². The Hall–Kier alpha value is -1.57. The van der Waals surface area contributed by atoms with Gasteiger partial charge in [-0.1, -0.05) is 30.3 Å². The average molecular weight is 441 g/mol. The first-order chi connectivity index (χ1) is 11.0. The molecule has 0 radical (unpaired) electrons. The normalized spacial score (nSPS) is 12.5. The molecule has 0 amide bonds. The van der Waals surface area contributed by atoms with E-state index >= 15 is 0 Å². The lowest BCUT2D eigenvalue weighted by molar-refractivity contribution is 0.635. The summed E-state index contributed by atoms with van der Waals surface area (Å²) in [7, 11) is 3.79. The Morgan fingerprint density at radius 3 is 2.46 bits per heavy atom. The van der Waals surface area contributed by atoms with Crippen molar-refractivity contribution < 1.29 is 0 Å². The third kappa shape index (κ3) is 5.51. The predicted octanol–water partition coefficient (Wildman–Crippen LogP) is 2.95. The van der Waals surface area contributed by atoms with Gasteiger partial charge in [0.25, 0.3) is 0 Å². The van der Waals surface area contributed by atoms with Crippen molar-refractivity contribution in [3.05, 3.63) is 52.8 Å². The van der Waals surface area contributed by atoms with Gasteiger partial charge >= 0.3 is 0 Å². The number of rotatable bonds is 5. The Labute approximate surface area is 162 Å². The number of aromatic nitrogens is 2. The number of aryl methyl sites for hydroxylation is 2. The molecule has 0 aliphatic carbocycles. The van der Waals surface area contributed by atoms with Gasteiger partial charge in [-0.05, 0) is 38.3 Å². The van der Waals surface area contributed by atoms with E-state index in [0.29, 0.717) is 0 Å². The van der Waals surface area contributed by atoms with Gasteiger partial charge in [-0.25, -0.2) is 0 Å². The van der Waals surface area contributed by atoms with Gasteiger partial charge in [0.1, 0.15) is 0 Å². The molecule has 0 fully saturated rings. The highest BCUT2D eigenvalue weighted by Gasteiger charge is 2.13. The third-order valence-corrected chi connectivity index (χ3v) is 4.08. The minimum atomic E-state index is 0. The maximum absolute atomic E-state index is 4.48. The molecular formula is C18H28IN5. The largest absolute Gasteiger partial charge is 0.354 e. The van der Waals surface area contributed by atoms with Crippen LogP contribution in [0.25, 0.3) is 0 Å². The van der Waals surface area contributed by atoms with E-state index in [0.717, 1.165) is 24.6 Å². The molecule has 1 atom stereocenters. The Morgan fingerprint density at radius 1 is 1.25 bits per heavy atom. The first kappa shape index (κ1) is 20.5. The van der Waals surface area contributed by atoms with Crippen molar-refractivity contribution in [2.45, 2.75) is 39.8 Å². The molecule has 0 bridgehead atoms. The van der Waals surface area contributed by atoms with Crippen LogP contribution in [0, 0.1) is 13.8 Å². The lowest BCUT2D eigenvalue weighted by Crippen LogP contribution is -2.42. The molecule has 5 nitrogen and oxygen atoms in total. The average Bonchev–Trinajstić information content (AvgIpc) is 2.78.